The molecular weight excluding hydrogens is 270 g/mol. The van der Waals surface area contributed by atoms with E-state index in [1.165, 1.54) is 13.1 Å². The van der Waals surface area contributed by atoms with Crippen LogP contribution >= 0.6 is 0 Å². The van der Waals surface area contributed by atoms with E-state index in [1.807, 2.05) is 0 Å². The van der Waals surface area contributed by atoms with Crippen molar-refractivity contribution in [3.8, 4) is 0 Å². The van der Waals surface area contributed by atoms with Crippen molar-refractivity contribution in [1.82, 2.24) is 4.98 Å². The van der Waals surface area contributed by atoms with Crippen molar-refractivity contribution in [2.45, 2.75) is 32.6 Å². The molecule has 0 radical (unpaired) electrons. The quantitative estimate of drug-likeness (QED) is 0.634. The van der Waals surface area contributed by atoms with Crippen molar-refractivity contribution in [3.05, 3.63) is 33.1 Å². The molecule has 2 N–H and O–H groups in total. The Hall–Kier alpha value is -1.54. The highest BCUT2D eigenvalue weighted by Gasteiger charge is 2.23. The van der Waals surface area contributed by atoms with Crippen molar-refractivity contribution in [2.24, 2.45) is 5.73 Å². The number of hydrogen-bond donors (Lipinski definition) is 1. The van der Waals surface area contributed by atoms with Crippen molar-refractivity contribution < 1.29 is 13.3 Å². The smallest absolute Gasteiger partial charge is 0.278 e. The highest BCUT2D eigenvalue weighted by Crippen LogP contribution is 2.25. The van der Waals surface area contributed by atoms with E-state index in [0.29, 0.717) is 11.1 Å². The van der Waals surface area contributed by atoms with Gasteiger partial charge >= 0.3 is 0 Å². The lowest BCUT2D eigenvalue weighted by Gasteiger charge is -2.09. The zero-order valence-electron chi connectivity index (χ0n) is 11.1. The number of sulfone groups is 1. The minimum Gasteiger partial charge on any atom is -0.327 e. The predicted octanol–water partition coefficient (Wildman–Crippen LogP) is 0.869. The first-order chi connectivity index (χ1) is 8.64. The normalized spacial score (nSPS) is 13.3. The summed E-state index contributed by atoms with van der Waals surface area (Å²) in [5, 5.41) is 10.9. The number of nitro groups is 1. The Balaban J connectivity index is 3.17. The van der Waals surface area contributed by atoms with Crippen LogP contribution in [0.1, 0.15) is 23.7 Å². The molecule has 0 bridgehead atoms. The topological polar surface area (TPSA) is 116 Å². The van der Waals surface area contributed by atoms with E-state index in [4.69, 9.17) is 5.73 Å². The summed E-state index contributed by atoms with van der Waals surface area (Å²) in [5.41, 5.74) is 6.29. The molecule has 0 spiro atoms. The highest BCUT2D eigenvalue weighted by molar-refractivity contribution is 7.90. The van der Waals surface area contributed by atoms with Gasteiger partial charge in [0.05, 0.1) is 22.1 Å². The zero-order chi connectivity index (χ0) is 14.8. The molecule has 0 saturated heterocycles. The predicted molar refractivity (Wildman–Crippen MR) is 71.5 cm³/mol. The monoisotopic (exact) mass is 287 g/mol. The number of nitrogens with zero attached hydrogens (tertiary/aromatic N) is 2. The van der Waals surface area contributed by atoms with E-state index in [0.717, 1.165) is 0 Å². The Morgan fingerprint density at radius 3 is 2.53 bits per heavy atom. The molecule has 0 saturated carbocycles. The molecule has 1 atom stereocenters. The molecule has 106 valence electrons. The summed E-state index contributed by atoms with van der Waals surface area (Å²) in [6.07, 6.45) is 1.32. The minimum absolute atomic E-state index is 0.0824. The average Bonchev–Trinajstić information content (AvgIpc) is 2.19. The molecule has 1 heterocycles. The van der Waals surface area contributed by atoms with Gasteiger partial charge in [-0.2, -0.15) is 0 Å². The van der Waals surface area contributed by atoms with E-state index in [-0.39, 0.29) is 22.9 Å². The molecule has 0 aliphatic carbocycles. The maximum absolute atomic E-state index is 11.8. The molecule has 0 amide bonds. The third-order valence-electron chi connectivity index (χ3n) is 2.63. The SMILES string of the molecule is Cc1cnc(CS(=O)(=O)CC(C)N)c(C)c1[N+](=O)[O-]. The van der Waals surface area contributed by atoms with Crippen LogP contribution in [0.25, 0.3) is 0 Å². The fraction of sp³-hybridized carbons (Fsp3) is 0.545. The van der Waals surface area contributed by atoms with Gasteiger partial charge < -0.3 is 5.73 Å². The van der Waals surface area contributed by atoms with Crippen LogP contribution in [-0.2, 0) is 15.6 Å². The fourth-order valence-electron chi connectivity index (χ4n) is 1.86. The van der Waals surface area contributed by atoms with Crippen LogP contribution in [0.4, 0.5) is 5.69 Å². The van der Waals surface area contributed by atoms with Crippen molar-refractivity contribution >= 4 is 15.5 Å². The van der Waals surface area contributed by atoms with Crippen molar-refractivity contribution in [3.63, 3.8) is 0 Å². The molecule has 0 aliphatic heterocycles. The average molecular weight is 287 g/mol. The molecular formula is C11H17N3O4S. The number of hydrogen-bond acceptors (Lipinski definition) is 6. The molecule has 8 heteroatoms. The van der Waals surface area contributed by atoms with E-state index >= 15 is 0 Å². The lowest BCUT2D eigenvalue weighted by Crippen LogP contribution is -2.27. The van der Waals surface area contributed by atoms with Gasteiger partial charge in [0, 0.05) is 23.4 Å². The van der Waals surface area contributed by atoms with Crippen molar-refractivity contribution in [2.75, 3.05) is 5.75 Å². The summed E-state index contributed by atoms with van der Waals surface area (Å²) in [6, 6.07) is -0.481. The number of aromatic nitrogens is 1. The Morgan fingerprint density at radius 2 is 2.05 bits per heavy atom. The number of aryl methyl sites for hydroxylation is 1. The molecule has 1 aromatic heterocycles. The molecule has 1 rings (SSSR count). The maximum atomic E-state index is 11.8. The minimum atomic E-state index is -3.42. The van der Waals surface area contributed by atoms with Gasteiger partial charge in [-0.25, -0.2) is 8.42 Å². The molecule has 0 aromatic carbocycles. The lowest BCUT2D eigenvalue weighted by molar-refractivity contribution is -0.386. The van der Waals surface area contributed by atoms with Crippen LogP contribution < -0.4 is 5.73 Å². The first-order valence-electron chi connectivity index (χ1n) is 5.69. The van der Waals surface area contributed by atoms with Gasteiger partial charge in [-0.15, -0.1) is 0 Å². The standard InChI is InChI=1S/C11H17N3O4S/c1-7-4-13-10(9(3)11(7)14(15)16)6-19(17,18)5-8(2)12/h4,8H,5-6,12H2,1-3H3. The first kappa shape index (κ1) is 15.5. The molecule has 0 aliphatic rings. The largest absolute Gasteiger partial charge is 0.327 e. The third kappa shape index (κ3) is 3.97. The van der Waals surface area contributed by atoms with E-state index in [1.54, 1.807) is 13.8 Å². The second kappa shape index (κ2) is 5.62. The number of rotatable bonds is 5. The molecule has 1 aromatic rings. The summed E-state index contributed by atoms with van der Waals surface area (Å²) in [7, 11) is -3.42. The fourth-order valence-corrected chi connectivity index (χ4v) is 3.49. The van der Waals surface area contributed by atoms with Gasteiger partial charge in [-0.1, -0.05) is 0 Å². The number of pyridine rings is 1. The van der Waals surface area contributed by atoms with Crippen LogP contribution in [-0.4, -0.2) is 30.1 Å². The van der Waals surface area contributed by atoms with Crippen LogP contribution in [0.15, 0.2) is 6.20 Å². The van der Waals surface area contributed by atoms with Gasteiger partial charge in [-0.3, -0.25) is 15.1 Å². The summed E-state index contributed by atoms with van der Waals surface area (Å²) >= 11 is 0. The Morgan fingerprint density at radius 1 is 1.47 bits per heavy atom. The Bertz CT molecular complexity index is 596. The van der Waals surface area contributed by atoms with E-state index < -0.39 is 20.8 Å². The summed E-state index contributed by atoms with van der Waals surface area (Å²) in [5.74, 6) is -0.503. The van der Waals surface area contributed by atoms with E-state index in [2.05, 4.69) is 4.98 Å². The van der Waals surface area contributed by atoms with Crippen LogP contribution in [0.3, 0.4) is 0 Å². The number of nitrogens with two attached hydrogens (primary N) is 1. The van der Waals surface area contributed by atoms with Gasteiger partial charge in [0.2, 0.25) is 0 Å². The molecule has 19 heavy (non-hydrogen) atoms. The summed E-state index contributed by atoms with van der Waals surface area (Å²) in [4.78, 5) is 14.4. The van der Waals surface area contributed by atoms with Gasteiger partial charge in [-0.05, 0) is 20.8 Å². The maximum Gasteiger partial charge on any atom is 0.278 e. The molecule has 1 unspecified atom stereocenters. The van der Waals surface area contributed by atoms with Crippen LogP contribution in [0, 0.1) is 24.0 Å². The van der Waals surface area contributed by atoms with Gasteiger partial charge in [0.25, 0.3) is 5.69 Å². The summed E-state index contributed by atoms with van der Waals surface area (Å²) < 4.78 is 23.7. The van der Waals surface area contributed by atoms with Crippen LogP contribution in [0.5, 0.6) is 0 Å². The summed E-state index contributed by atoms with van der Waals surface area (Å²) in [6.45, 7) is 4.67. The van der Waals surface area contributed by atoms with Crippen molar-refractivity contribution in [1.29, 1.82) is 0 Å². The zero-order valence-corrected chi connectivity index (χ0v) is 11.9. The molecule has 0 fully saturated rings. The molecule has 7 nitrogen and oxygen atoms in total. The van der Waals surface area contributed by atoms with Gasteiger partial charge in [0.15, 0.2) is 9.84 Å². The first-order valence-corrected chi connectivity index (χ1v) is 7.51. The van der Waals surface area contributed by atoms with Crippen LogP contribution in [0.2, 0.25) is 0 Å². The highest BCUT2D eigenvalue weighted by atomic mass is 32.2. The van der Waals surface area contributed by atoms with E-state index in [9.17, 15) is 18.5 Å². The Labute approximate surface area is 111 Å². The lowest BCUT2D eigenvalue weighted by atomic mass is 10.1. The second-order valence-electron chi connectivity index (χ2n) is 4.65. The third-order valence-corrected chi connectivity index (χ3v) is 4.38. The van der Waals surface area contributed by atoms with Gasteiger partial charge in [0.1, 0.15) is 0 Å². The second-order valence-corrected chi connectivity index (χ2v) is 6.76. The Kier molecular flexibility index (Phi) is 4.59.